The molecule has 4 fully saturated rings. The number of rotatable bonds is 5. The van der Waals surface area contributed by atoms with Gasteiger partial charge in [-0.05, 0) is 99.4 Å². The van der Waals surface area contributed by atoms with Gasteiger partial charge in [-0.2, -0.15) is 0 Å². The Morgan fingerprint density at radius 3 is 2.34 bits per heavy atom. The monoisotopic (exact) mass is 530 g/mol. The molecule has 1 heterocycles. The first-order valence-corrected chi connectivity index (χ1v) is 14.6. The number of ether oxygens (including phenoxy) is 3. The molecule has 0 amide bonds. The normalized spacial score (nSPS) is 45.8. The first-order chi connectivity index (χ1) is 17.6. The standard InChI is InChI=1S/C31H46O7/c1-16-24(9-10-29(4,5)35)38-26-13-21-19-12-23(34)22-14-25(36-17(2)32)27(37-18(3)33)15-31(22,7)20(19)8-11-30(21,6)28(16)26/h12,16,20-22,24-28,35H,8-11,13-15H2,1-7H3/t16-,20?,21+,22-,24?,25?,26?,27?,28?,30?,31?/m1/s1. The van der Waals surface area contributed by atoms with Gasteiger partial charge in [0.25, 0.3) is 0 Å². The lowest BCUT2D eigenvalue weighted by Gasteiger charge is -2.57. The molecular weight excluding hydrogens is 484 g/mol. The fourth-order valence-electron chi connectivity index (χ4n) is 9.54. The molecule has 1 saturated heterocycles. The van der Waals surface area contributed by atoms with Gasteiger partial charge in [-0.3, -0.25) is 14.4 Å². The van der Waals surface area contributed by atoms with Crippen LogP contribution in [0.4, 0.5) is 0 Å². The van der Waals surface area contributed by atoms with Crippen molar-refractivity contribution in [3.8, 4) is 0 Å². The fraction of sp³-hybridized carbons (Fsp3) is 0.839. The van der Waals surface area contributed by atoms with Gasteiger partial charge in [0.05, 0.1) is 17.8 Å². The van der Waals surface area contributed by atoms with Crippen LogP contribution in [0.2, 0.25) is 0 Å². The Labute approximate surface area is 227 Å². The second-order valence-electron chi connectivity index (χ2n) is 14.2. The van der Waals surface area contributed by atoms with Crippen LogP contribution in [0.3, 0.4) is 0 Å². The van der Waals surface area contributed by atoms with Crippen LogP contribution < -0.4 is 0 Å². The van der Waals surface area contributed by atoms with Gasteiger partial charge in [0.15, 0.2) is 5.78 Å². The molecule has 4 aliphatic carbocycles. The number of allylic oxidation sites excluding steroid dienone is 2. The van der Waals surface area contributed by atoms with E-state index in [4.69, 9.17) is 14.2 Å². The largest absolute Gasteiger partial charge is 0.459 e. The van der Waals surface area contributed by atoms with Crippen LogP contribution in [0.5, 0.6) is 0 Å². The van der Waals surface area contributed by atoms with E-state index in [1.807, 2.05) is 19.9 Å². The van der Waals surface area contributed by atoms with Crippen LogP contribution >= 0.6 is 0 Å². The van der Waals surface area contributed by atoms with Gasteiger partial charge in [-0.15, -0.1) is 0 Å². The van der Waals surface area contributed by atoms with Crippen LogP contribution in [0.1, 0.15) is 93.4 Å². The zero-order valence-electron chi connectivity index (χ0n) is 24.1. The molecule has 38 heavy (non-hydrogen) atoms. The summed E-state index contributed by atoms with van der Waals surface area (Å²) < 4.78 is 17.9. The molecule has 11 atom stereocenters. The summed E-state index contributed by atoms with van der Waals surface area (Å²) in [5.41, 5.74) is 0.305. The average molecular weight is 531 g/mol. The van der Waals surface area contributed by atoms with E-state index in [9.17, 15) is 19.5 Å². The van der Waals surface area contributed by atoms with Crippen molar-refractivity contribution in [2.24, 2.45) is 40.4 Å². The van der Waals surface area contributed by atoms with E-state index in [0.29, 0.717) is 30.6 Å². The summed E-state index contributed by atoms with van der Waals surface area (Å²) >= 11 is 0. The summed E-state index contributed by atoms with van der Waals surface area (Å²) in [6.07, 6.45) is 6.65. The van der Waals surface area contributed by atoms with E-state index in [1.54, 1.807) is 0 Å². The van der Waals surface area contributed by atoms with E-state index in [1.165, 1.54) is 19.4 Å². The Balaban J connectivity index is 1.41. The number of hydrogen-bond donors (Lipinski definition) is 1. The minimum absolute atomic E-state index is 0.0730. The van der Waals surface area contributed by atoms with E-state index >= 15 is 0 Å². The first-order valence-electron chi connectivity index (χ1n) is 14.6. The van der Waals surface area contributed by atoms with Crippen LogP contribution in [0.15, 0.2) is 11.6 Å². The van der Waals surface area contributed by atoms with Crippen molar-refractivity contribution in [3.05, 3.63) is 11.6 Å². The Hall–Kier alpha value is -1.73. The van der Waals surface area contributed by atoms with E-state index in [2.05, 4.69) is 20.8 Å². The zero-order chi connectivity index (χ0) is 27.8. The molecule has 0 radical (unpaired) electrons. The quantitative estimate of drug-likeness (QED) is 0.511. The molecule has 5 rings (SSSR count). The predicted octanol–water partition coefficient (Wildman–Crippen LogP) is 4.78. The molecule has 212 valence electrons. The molecule has 0 bridgehead atoms. The van der Waals surface area contributed by atoms with Gasteiger partial charge in [0.1, 0.15) is 12.2 Å². The van der Waals surface area contributed by atoms with E-state index in [-0.39, 0.29) is 40.7 Å². The van der Waals surface area contributed by atoms with Crippen molar-refractivity contribution in [1.29, 1.82) is 0 Å². The molecule has 0 aromatic heterocycles. The Morgan fingerprint density at radius 2 is 1.71 bits per heavy atom. The first kappa shape index (κ1) is 27.8. The van der Waals surface area contributed by atoms with Gasteiger partial charge in [0, 0.05) is 19.8 Å². The average Bonchev–Trinajstić information content (AvgIpc) is 3.26. The van der Waals surface area contributed by atoms with E-state index < -0.39 is 29.7 Å². The summed E-state index contributed by atoms with van der Waals surface area (Å²) in [6, 6.07) is 0. The Morgan fingerprint density at radius 1 is 1.05 bits per heavy atom. The Bertz CT molecular complexity index is 1030. The molecule has 1 N–H and O–H groups in total. The van der Waals surface area contributed by atoms with Crippen molar-refractivity contribution in [2.45, 2.75) is 123 Å². The number of aliphatic hydroxyl groups is 1. The third kappa shape index (κ3) is 4.55. The molecule has 0 aromatic carbocycles. The van der Waals surface area contributed by atoms with Gasteiger partial charge in [-0.25, -0.2) is 0 Å². The summed E-state index contributed by atoms with van der Waals surface area (Å²) in [6.45, 7) is 13.4. The molecule has 5 aliphatic rings. The predicted molar refractivity (Wildman–Crippen MR) is 141 cm³/mol. The van der Waals surface area contributed by atoms with Crippen molar-refractivity contribution < 1.29 is 33.7 Å². The molecule has 7 heteroatoms. The van der Waals surface area contributed by atoms with Crippen LogP contribution in [-0.4, -0.2) is 52.8 Å². The number of carbonyl (C=O) groups excluding carboxylic acids is 3. The molecular formula is C31H46O7. The number of carbonyl (C=O) groups is 3. The minimum atomic E-state index is -0.692. The maximum absolute atomic E-state index is 13.7. The highest BCUT2D eigenvalue weighted by Crippen LogP contribution is 2.68. The molecule has 1 aliphatic heterocycles. The molecule has 3 saturated carbocycles. The van der Waals surface area contributed by atoms with Crippen molar-refractivity contribution in [3.63, 3.8) is 0 Å². The lowest BCUT2D eigenvalue weighted by molar-refractivity contribution is -0.183. The van der Waals surface area contributed by atoms with Crippen molar-refractivity contribution in [1.82, 2.24) is 0 Å². The zero-order valence-corrected chi connectivity index (χ0v) is 24.1. The topological polar surface area (TPSA) is 99.1 Å². The third-order valence-electron chi connectivity index (χ3n) is 11.1. The lowest BCUT2D eigenvalue weighted by atomic mass is 9.47. The maximum atomic E-state index is 13.7. The highest BCUT2D eigenvalue weighted by Gasteiger charge is 2.65. The maximum Gasteiger partial charge on any atom is 0.303 e. The summed E-state index contributed by atoms with van der Waals surface area (Å²) in [7, 11) is 0. The number of hydrogen-bond acceptors (Lipinski definition) is 7. The molecule has 7 nitrogen and oxygen atoms in total. The number of esters is 2. The second-order valence-corrected chi connectivity index (χ2v) is 14.2. The minimum Gasteiger partial charge on any atom is -0.459 e. The molecule has 8 unspecified atom stereocenters. The smallest absolute Gasteiger partial charge is 0.303 e. The summed E-state index contributed by atoms with van der Waals surface area (Å²) in [4.78, 5) is 37.5. The molecule has 0 spiro atoms. The highest BCUT2D eigenvalue weighted by atomic mass is 16.6. The van der Waals surface area contributed by atoms with Gasteiger partial charge in [-0.1, -0.05) is 26.3 Å². The van der Waals surface area contributed by atoms with Crippen LogP contribution in [0.25, 0.3) is 0 Å². The highest BCUT2D eigenvalue weighted by molar-refractivity contribution is 5.94. The number of fused-ring (bicyclic) bond motifs is 7. The third-order valence-corrected chi connectivity index (χ3v) is 11.1. The molecule has 0 aromatic rings. The van der Waals surface area contributed by atoms with Crippen molar-refractivity contribution >= 4 is 17.7 Å². The van der Waals surface area contributed by atoms with Gasteiger partial charge < -0.3 is 19.3 Å². The lowest BCUT2D eigenvalue weighted by Crippen LogP contribution is -2.57. The van der Waals surface area contributed by atoms with E-state index in [0.717, 1.165) is 32.1 Å². The van der Waals surface area contributed by atoms with Crippen LogP contribution in [-0.2, 0) is 28.6 Å². The number of ketones is 1. The Kier molecular flexibility index (Phi) is 6.91. The van der Waals surface area contributed by atoms with Gasteiger partial charge >= 0.3 is 11.9 Å². The summed E-state index contributed by atoms with van der Waals surface area (Å²) in [5.74, 6) is 0.441. The SMILES string of the molecule is CC(=O)OC1C[C@@H]2C(=O)C=C3C(CCC4(C)C5C(C[C@@H]34)OC(CCC(C)(C)O)[C@H]5C)C2(C)CC1OC(C)=O. The van der Waals surface area contributed by atoms with Crippen molar-refractivity contribution in [2.75, 3.05) is 0 Å². The van der Waals surface area contributed by atoms with Crippen LogP contribution in [0, 0.1) is 40.4 Å². The fourth-order valence-corrected chi connectivity index (χ4v) is 9.54. The second kappa shape index (κ2) is 9.43. The summed E-state index contributed by atoms with van der Waals surface area (Å²) in [5, 5.41) is 10.3. The van der Waals surface area contributed by atoms with Gasteiger partial charge in [0.2, 0.25) is 0 Å².